The van der Waals surface area contributed by atoms with E-state index in [0.717, 1.165) is 0 Å². The van der Waals surface area contributed by atoms with Crippen LogP contribution in [0.2, 0.25) is 0 Å². The minimum absolute atomic E-state index is 0.0622. The van der Waals surface area contributed by atoms with Crippen molar-refractivity contribution in [1.82, 2.24) is 5.32 Å². The van der Waals surface area contributed by atoms with Crippen LogP contribution in [0.1, 0.15) is 32.1 Å². The first-order valence-electron chi connectivity index (χ1n) is 6.72. The average Bonchev–Trinajstić information content (AvgIpc) is 2.71. The Kier molecular flexibility index (Phi) is 4.66. The van der Waals surface area contributed by atoms with Gasteiger partial charge in [-0.25, -0.2) is 4.79 Å². The highest BCUT2D eigenvalue weighted by atomic mass is 79.9. The summed E-state index contributed by atoms with van der Waals surface area (Å²) >= 11 is 3.14. The molecule has 0 spiro atoms. The normalized spacial score (nSPS) is 12.5. The number of hydrogen-bond acceptors (Lipinski definition) is 3. The molecule has 0 aliphatic rings. The summed E-state index contributed by atoms with van der Waals surface area (Å²) in [6.07, 6.45) is -5.41. The van der Waals surface area contributed by atoms with Crippen molar-refractivity contribution >= 4 is 33.0 Å². The van der Waals surface area contributed by atoms with Crippen LogP contribution in [0.25, 0.3) is 11.0 Å². The lowest BCUT2D eigenvalue weighted by molar-refractivity contribution is -0.137. The monoisotopic (exact) mass is 393 g/mol. The molecule has 2 aromatic rings. The summed E-state index contributed by atoms with van der Waals surface area (Å²) in [5.74, 6) is -0.364. The molecule has 1 aromatic heterocycles. The summed E-state index contributed by atoms with van der Waals surface area (Å²) in [6, 6.07) is 4.35. The molecule has 1 N–H and O–H groups in total. The first-order valence-corrected chi connectivity index (χ1v) is 7.51. The van der Waals surface area contributed by atoms with E-state index in [1.807, 2.05) is 0 Å². The molecule has 0 aliphatic carbocycles. The number of amides is 1. The number of hydrogen-bond donors (Lipinski definition) is 1. The maximum absolute atomic E-state index is 13.3. The van der Waals surface area contributed by atoms with Crippen LogP contribution in [0.4, 0.5) is 18.0 Å². The van der Waals surface area contributed by atoms with Gasteiger partial charge in [-0.15, -0.1) is 0 Å². The second kappa shape index (κ2) is 6.07. The fourth-order valence-corrected chi connectivity index (χ4v) is 2.38. The Labute approximate surface area is 139 Å². The minimum atomic E-state index is -4.60. The zero-order valence-electron chi connectivity index (χ0n) is 12.7. The topological polar surface area (TPSA) is 51.5 Å². The zero-order valence-corrected chi connectivity index (χ0v) is 14.3. The molecule has 1 aromatic carbocycles. The van der Waals surface area contributed by atoms with Crippen LogP contribution in [0.3, 0.4) is 0 Å². The van der Waals surface area contributed by atoms with Gasteiger partial charge in [-0.3, -0.25) is 0 Å². The molecule has 23 heavy (non-hydrogen) atoms. The lowest BCUT2D eigenvalue weighted by Crippen LogP contribution is -2.32. The number of alkyl halides is 3. The Morgan fingerprint density at radius 3 is 2.52 bits per heavy atom. The first kappa shape index (κ1) is 17.7. The smallest absolute Gasteiger partial charge is 0.420 e. The number of halogens is 4. The van der Waals surface area contributed by atoms with Gasteiger partial charge in [0.05, 0.1) is 6.54 Å². The predicted octanol–water partition coefficient (Wildman–Crippen LogP) is 5.24. The van der Waals surface area contributed by atoms with Crippen molar-refractivity contribution in [2.24, 2.45) is 0 Å². The summed E-state index contributed by atoms with van der Waals surface area (Å²) in [5.41, 5.74) is -1.54. The number of benzene rings is 1. The molecule has 0 aliphatic heterocycles. The highest BCUT2D eigenvalue weighted by molar-refractivity contribution is 9.10. The molecule has 8 heteroatoms. The van der Waals surface area contributed by atoms with Crippen LogP contribution in [0.15, 0.2) is 27.1 Å². The molecule has 0 saturated carbocycles. The number of carbonyl (C=O) groups excluding carboxylic acids is 1. The lowest BCUT2D eigenvalue weighted by atomic mass is 10.1. The highest BCUT2D eigenvalue weighted by Gasteiger charge is 2.38. The molecular weight excluding hydrogens is 379 g/mol. The van der Waals surface area contributed by atoms with Crippen molar-refractivity contribution < 1.29 is 27.1 Å². The number of furan rings is 1. The van der Waals surface area contributed by atoms with Crippen LogP contribution < -0.4 is 5.32 Å². The number of rotatable bonds is 2. The van der Waals surface area contributed by atoms with E-state index in [1.165, 1.54) is 12.1 Å². The Morgan fingerprint density at radius 2 is 1.96 bits per heavy atom. The fourth-order valence-electron chi connectivity index (χ4n) is 2.02. The van der Waals surface area contributed by atoms with Crippen LogP contribution in [-0.4, -0.2) is 11.7 Å². The third-order valence-electron chi connectivity index (χ3n) is 2.80. The van der Waals surface area contributed by atoms with Crippen LogP contribution in [0.5, 0.6) is 0 Å². The maximum Gasteiger partial charge on any atom is 0.420 e. The van der Waals surface area contributed by atoms with E-state index in [-0.39, 0.29) is 16.7 Å². The van der Waals surface area contributed by atoms with Gasteiger partial charge in [0.1, 0.15) is 22.5 Å². The summed E-state index contributed by atoms with van der Waals surface area (Å²) in [7, 11) is 0. The molecule has 0 bridgehead atoms. The third-order valence-corrected chi connectivity index (χ3v) is 3.29. The number of ether oxygens (including phenoxy) is 1. The second-order valence-corrected chi connectivity index (χ2v) is 6.81. The first-order chi connectivity index (χ1) is 10.5. The number of carbonyl (C=O) groups is 1. The standard InChI is InChI=1S/C15H15BrF3NO3/c1-14(2,3)23-13(21)20-7-11-12(15(17,18)19)9-6-8(16)4-5-10(9)22-11/h4-6H,7H2,1-3H3,(H,20,21). The fraction of sp³-hybridized carbons (Fsp3) is 0.400. The van der Waals surface area contributed by atoms with E-state index in [1.54, 1.807) is 26.8 Å². The Balaban J connectivity index is 2.32. The van der Waals surface area contributed by atoms with Gasteiger partial charge in [0.25, 0.3) is 0 Å². The van der Waals surface area contributed by atoms with Gasteiger partial charge in [-0.05, 0) is 39.0 Å². The molecule has 4 nitrogen and oxygen atoms in total. The van der Waals surface area contributed by atoms with Gasteiger partial charge in [0.15, 0.2) is 0 Å². The molecule has 0 saturated heterocycles. The van der Waals surface area contributed by atoms with Gasteiger partial charge in [0.2, 0.25) is 0 Å². The van der Waals surface area contributed by atoms with E-state index < -0.39 is 30.0 Å². The molecule has 126 valence electrons. The predicted molar refractivity (Wildman–Crippen MR) is 82.0 cm³/mol. The SMILES string of the molecule is CC(C)(C)OC(=O)NCc1oc2ccc(Br)cc2c1C(F)(F)F. The van der Waals surface area contributed by atoms with Gasteiger partial charge in [-0.1, -0.05) is 15.9 Å². The van der Waals surface area contributed by atoms with E-state index in [4.69, 9.17) is 9.15 Å². The van der Waals surface area contributed by atoms with Gasteiger partial charge < -0.3 is 14.5 Å². The largest absolute Gasteiger partial charge is 0.459 e. The van der Waals surface area contributed by atoms with Crippen molar-refractivity contribution in [1.29, 1.82) is 0 Å². The van der Waals surface area contributed by atoms with Gasteiger partial charge in [-0.2, -0.15) is 13.2 Å². The summed E-state index contributed by atoms with van der Waals surface area (Å²) in [6.45, 7) is 4.56. The molecule has 0 radical (unpaired) electrons. The molecule has 0 atom stereocenters. The molecule has 0 fully saturated rings. The quantitative estimate of drug-likeness (QED) is 0.758. The summed E-state index contributed by atoms with van der Waals surface area (Å²) in [5, 5.41) is 2.21. The van der Waals surface area contributed by atoms with Crippen molar-refractivity contribution in [3.8, 4) is 0 Å². The number of fused-ring (bicyclic) bond motifs is 1. The van der Waals surface area contributed by atoms with E-state index >= 15 is 0 Å². The lowest BCUT2D eigenvalue weighted by Gasteiger charge is -2.19. The second-order valence-electron chi connectivity index (χ2n) is 5.89. The number of alkyl carbamates (subject to hydrolysis) is 1. The van der Waals surface area contributed by atoms with E-state index in [2.05, 4.69) is 21.2 Å². The third kappa shape index (κ3) is 4.40. The molecule has 1 amide bonds. The minimum Gasteiger partial charge on any atom is -0.459 e. The molecular formula is C15H15BrF3NO3. The van der Waals surface area contributed by atoms with Gasteiger partial charge in [0, 0.05) is 9.86 Å². The van der Waals surface area contributed by atoms with Crippen LogP contribution >= 0.6 is 15.9 Å². The van der Waals surface area contributed by atoms with Crippen molar-refractivity contribution in [2.45, 2.75) is 39.1 Å². The average molecular weight is 394 g/mol. The van der Waals surface area contributed by atoms with Crippen molar-refractivity contribution in [3.63, 3.8) is 0 Å². The van der Waals surface area contributed by atoms with E-state index in [0.29, 0.717) is 4.47 Å². The number of nitrogens with one attached hydrogen (secondary N) is 1. The highest BCUT2D eigenvalue weighted by Crippen LogP contribution is 2.40. The molecule has 2 rings (SSSR count). The van der Waals surface area contributed by atoms with Crippen molar-refractivity contribution in [3.05, 3.63) is 34.0 Å². The van der Waals surface area contributed by atoms with E-state index in [9.17, 15) is 18.0 Å². The molecule has 1 heterocycles. The Hall–Kier alpha value is -1.70. The summed E-state index contributed by atoms with van der Waals surface area (Å²) in [4.78, 5) is 11.6. The maximum atomic E-state index is 13.3. The Bertz CT molecular complexity index is 732. The van der Waals surface area contributed by atoms with Crippen LogP contribution in [-0.2, 0) is 17.5 Å². The van der Waals surface area contributed by atoms with Crippen LogP contribution in [0, 0.1) is 0 Å². The molecule has 0 unspecified atom stereocenters. The van der Waals surface area contributed by atoms with Gasteiger partial charge >= 0.3 is 12.3 Å². The zero-order chi connectivity index (χ0) is 17.4. The Morgan fingerprint density at radius 1 is 1.30 bits per heavy atom. The summed E-state index contributed by atoms with van der Waals surface area (Å²) < 4.78 is 50.7. The van der Waals surface area contributed by atoms with Crippen molar-refractivity contribution in [2.75, 3.05) is 0 Å².